The van der Waals surface area contributed by atoms with Crippen LogP contribution in [0.15, 0.2) is 133 Å². The van der Waals surface area contributed by atoms with Crippen molar-refractivity contribution in [1.29, 1.82) is 10.5 Å². The summed E-state index contributed by atoms with van der Waals surface area (Å²) in [6.07, 6.45) is -4.95. The molecule has 7 aromatic carbocycles. The predicted octanol–water partition coefficient (Wildman–Crippen LogP) is 13.5. The first-order valence-electron chi connectivity index (χ1n) is 19.9. The second-order valence-corrected chi connectivity index (χ2v) is 15.2. The van der Waals surface area contributed by atoms with Crippen LogP contribution in [0.4, 0.5) is 24.5 Å². The molecule has 0 aliphatic rings. The second kappa shape index (κ2) is 14.8. The van der Waals surface area contributed by atoms with E-state index in [1.807, 2.05) is 48.5 Å². The highest BCUT2D eigenvalue weighted by atomic mass is 19.4. The molecule has 0 amide bonds. The fraction of sp³-hybridized carbons (Fsp3) is 0.0577. The van der Waals surface area contributed by atoms with Gasteiger partial charge in [-0.05, 0) is 90.7 Å². The zero-order chi connectivity index (χ0) is 44.4. The zero-order valence-corrected chi connectivity index (χ0v) is 33.9. The molecule has 3 heterocycles. The Hall–Kier alpha value is -9.10. The van der Waals surface area contributed by atoms with Gasteiger partial charge in [0.05, 0.1) is 58.7 Å². The van der Waals surface area contributed by atoms with E-state index in [9.17, 15) is 10.5 Å². The molecule has 0 saturated heterocycles. The van der Waals surface area contributed by atoms with Gasteiger partial charge in [-0.15, -0.1) is 0 Å². The number of nitrogens with zero attached hydrogens (tertiary/aromatic N) is 9. The summed E-state index contributed by atoms with van der Waals surface area (Å²) < 4.78 is 53.0. The van der Waals surface area contributed by atoms with Gasteiger partial charge < -0.3 is 9.13 Å². The maximum atomic E-state index is 16.6. The summed E-state index contributed by atoms with van der Waals surface area (Å²) in [6.45, 7) is 18.8. The Balaban J connectivity index is 1.36. The lowest BCUT2D eigenvalue weighted by atomic mass is 9.98. The Morgan fingerprint density at radius 2 is 1.09 bits per heavy atom. The van der Waals surface area contributed by atoms with E-state index < -0.39 is 11.7 Å². The van der Waals surface area contributed by atoms with Crippen molar-refractivity contribution in [2.24, 2.45) is 0 Å². The van der Waals surface area contributed by atoms with E-state index in [0.717, 1.165) is 0 Å². The van der Waals surface area contributed by atoms with Crippen LogP contribution < -0.4 is 0 Å². The number of aryl methyl sites for hydroxylation is 2. The average molecular weight is 836 g/mol. The molecule has 0 atom stereocenters. The Morgan fingerprint density at radius 3 is 1.62 bits per heavy atom. The normalized spacial score (nSPS) is 11.5. The molecule has 10 aromatic rings. The van der Waals surface area contributed by atoms with Crippen molar-refractivity contribution in [2.45, 2.75) is 20.0 Å². The summed E-state index contributed by atoms with van der Waals surface area (Å²) in [5.74, 6) is 0.968. The second-order valence-electron chi connectivity index (χ2n) is 15.2. The van der Waals surface area contributed by atoms with Gasteiger partial charge in [-0.25, -0.2) is 24.6 Å². The Morgan fingerprint density at radius 1 is 0.547 bits per heavy atom. The number of para-hydroxylation sites is 2. The molecule has 64 heavy (non-hydrogen) atoms. The van der Waals surface area contributed by atoms with Crippen molar-refractivity contribution in [3.63, 3.8) is 0 Å². The van der Waals surface area contributed by atoms with E-state index in [4.69, 9.17) is 13.1 Å². The van der Waals surface area contributed by atoms with Crippen molar-refractivity contribution in [2.75, 3.05) is 0 Å². The lowest BCUT2D eigenvalue weighted by Gasteiger charge is -2.23. The number of aromatic nitrogens is 5. The van der Waals surface area contributed by atoms with E-state index in [1.165, 1.54) is 24.3 Å². The molecule has 0 spiro atoms. The van der Waals surface area contributed by atoms with Gasteiger partial charge in [-0.1, -0.05) is 78.9 Å². The smallest absolute Gasteiger partial charge is 0.309 e. The zero-order valence-electron chi connectivity index (χ0n) is 33.9. The van der Waals surface area contributed by atoms with Gasteiger partial charge in [0, 0.05) is 38.2 Å². The molecular weight excluding hydrogens is 808 g/mol. The molecular formula is C52H28F3N9. The summed E-state index contributed by atoms with van der Waals surface area (Å²) in [6, 6.07) is 42.2. The van der Waals surface area contributed by atoms with E-state index in [2.05, 4.69) is 36.8 Å². The third-order valence-electron chi connectivity index (χ3n) is 11.4. The van der Waals surface area contributed by atoms with Gasteiger partial charge in [-0.2, -0.15) is 23.7 Å². The highest BCUT2D eigenvalue weighted by molar-refractivity contribution is 6.12. The summed E-state index contributed by atoms with van der Waals surface area (Å²) in [4.78, 5) is 20.8. The minimum Gasteiger partial charge on any atom is -0.309 e. The molecule has 0 aliphatic carbocycles. The number of fused-ring (bicyclic) bond motifs is 6. The Kier molecular flexibility index (Phi) is 9.04. The van der Waals surface area contributed by atoms with Crippen molar-refractivity contribution >= 4 is 55.0 Å². The molecule has 0 aliphatic heterocycles. The predicted molar refractivity (Wildman–Crippen MR) is 241 cm³/mol. The molecule has 3 aromatic heterocycles. The summed E-state index contributed by atoms with van der Waals surface area (Å²) >= 11 is 0. The first-order valence-corrected chi connectivity index (χ1v) is 19.9. The first kappa shape index (κ1) is 39.1. The van der Waals surface area contributed by atoms with Crippen LogP contribution in [0.1, 0.15) is 28.3 Å². The summed E-state index contributed by atoms with van der Waals surface area (Å²) in [5, 5.41) is 22.5. The maximum Gasteiger partial charge on any atom is 0.420 e. The fourth-order valence-electron chi connectivity index (χ4n) is 8.81. The van der Waals surface area contributed by atoms with Gasteiger partial charge in [0.2, 0.25) is 0 Å². The van der Waals surface area contributed by atoms with Gasteiger partial charge in [0.25, 0.3) is 0 Å². The van der Waals surface area contributed by atoms with Gasteiger partial charge >= 0.3 is 6.18 Å². The van der Waals surface area contributed by atoms with Crippen molar-refractivity contribution in [3.05, 3.63) is 185 Å². The molecule has 302 valence electrons. The van der Waals surface area contributed by atoms with Crippen LogP contribution in [-0.2, 0) is 6.18 Å². The fourth-order valence-corrected chi connectivity index (χ4v) is 8.81. The van der Waals surface area contributed by atoms with E-state index in [-0.39, 0.29) is 28.5 Å². The van der Waals surface area contributed by atoms with E-state index in [1.54, 1.807) is 83.6 Å². The molecule has 12 heteroatoms. The lowest BCUT2D eigenvalue weighted by molar-refractivity contribution is -0.137. The number of halogens is 3. The Labute approximate surface area is 363 Å². The van der Waals surface area contributed by atoms with Crippen LogP contribution in [-0.4, -0.2) is 24.1 Å². The van der Waals surface area contributed by atoms with Gasteiger partial charge in [0.15, 0.2) is 17.2 Å². The largest absolute Gasteiger partial charge is 0.420 e. The summed E-state index contributed by atoms with van der Waals surface area (Å²) in [7, 11) is 0. The van der Waals surface area contributed by atoms with Gasteiger partial charge in [-0.3, -0.25) is 0 Å². The van der Waals surface area contributed by atoms with Crippen LogP contribution in [0.3, 0.4) is 0 Å². The first-order chi connectivity index (χ1) is 31.0. The minimum atomic E-state index is -4.95. The molecule has 0 N–H and O–H groups in total. The van der Waals surface area contributed by atoms with Crippen LogP contribution in [0.2, 0.25) is 0 Å². The quantitative estimate of drug-likeness (QED) is 0.161. The summed E-state index contributed by atoms with van der Waals surface area (Å²) in [5.41, 5.74) is 4.22. The van der Waals surface area contributed by atoms with Crippen LogP contribution in [0.25, 0.3) is 98.3 Å². The number of hydrogen-bond acceptors (Lipinski definition) is 5. The molecule has 0 fully saturated rings. The topological polar surface area (TPSA) is 105 Å². The van der Waals surface area contributed by atoms with Gasteiger partial charge in [0.1, 0.15) is 17.2 Å². The molecule has 9 nitrogen and oxygen atoms in total. The number of benzene rings is 7. The van der Waals surface area contributed by atoms with Crippen LogP contribution in [0, 0.1) is 49.7 Å². The maximum absolute atomic E-state index is 16.6. The molecule has 0 radical (unpaired) electrons. The third-order valence-corrected chi connectivity index (χ3v) is 11.4. The number of hydrogen-bond donors (Lipinski definition) is 0. The average Bonchev–Trinajstić information content (AvgIpc) is 3.82. The highest BCUT2D eigenvalue weighted by Gasteiger charge is 2.40. The van der Waals surface area contributed by atoms with Crippen LogP contribution >= 0.6 is 0 Å². The number of nitriles is 2. The highest BCUT2D eigenvalue weighted by Crippen LogP contribution is 2.47. The van der Waals surface area contributed by atoms with E-state index in [0.29, 0.717) is 94.3 Å². The molecule has 0 saturated carbocycles. The number of rotatable bonds is 5. The van der Waals surface area contributed by atoms with Crippen molar-refractivity contribution in [1.82, 2.24) is 24.1 Å². The Bertz CT molecular complexity index is 3580. The molecule has 0 unspecified atom stereocenters. The standard InChI is InChI=1S/C52H28F3N9/c1-29-60-30(2)62-51(61-29)34-25-48(63-44-11-7-5-9-39(44)41-18-14-32(23-46(41)63)37-20-16-36(58-3)22-35(37)28-57)50(52(53,54)55)49(26-34)64-45-12-8-6-10-40(45)42-19-15-33(24-47(42)64)38-17-13-31(27-56)21-43(38)59-4/h5-26H,1-2H3. The van der Waals surface area contributed by atoms with Crippen molar-refractivity contribution in [3.8, 4) is 57.2 Å². The van der Waals surface area contributed by atoms with Crippen LogP contribution in [0.5, 0.6) is 0 Å². The SMILES string of the molecule is [C-]#[N+]c1ccc(-c2ccc3c4ccccc4n(-c4cc(-c5nc(C)nc(C)n5)cc(-n5c6ccccc6c6ccc(-c7ccc(C#N)cc7[N+]#[C-])cc65)c4C(F)(F)F)c3c2)c(C#N)c1. The van der Waals surface area contributed by atoms with E-state index >= 15 is 13.2 Å². The monoisotopic (exact) mass is 835 g/mol. The van der Waals surface area contributed by atoms with Crippen molar-refractivity contribution < 1.29 is 13.2 Å². The lowest BCUT2D eigenvalue weighted by Crippen LogP contribution is -2.16. The molecule has 0 bridgehead atoms. The molecule has 10 rings (SSSR count). The third kappa shape index (κ3) is 6.26. The minimum absolute atomic E-state index is 0.182. The number of alkyl halides is 3.